The minimum atomic E-state index is -0.328. The molecule has 4 rings (SSSR count). The van der Waals surface area contributed by atoms with Crippen LogP contribution in [0.4, 0.5) is 4.39 Å². The number of likely N-dealkylation sites (tertiary alicyclic amines) is 1. The molecule has 1 aromatic heterocycles. The number of fused-ring (bicyclic) bond motifs is 1. The average molecular weight is 393 g/mol. The largest absolute Gasteiger partial charge is 0.496 e. The fourth-order valence-corrected chi connectivity index (χ4v) is 4.34. The van der Waals surface area contributed by atoms with Crippen LogP contribution in [-0.4, -0.2) is 40.8 Å². The van der Waals surface area contributed by atoms with Crippen molar-refractivity contribution in [3.63, 3.8) is 0 Å². The Morgan fingerprint density at radius 1 is 1.34 bits per heavy atom. The van der Waals surface area contributed by atoms with E-state index in [9.17, 15) is 9.18 Å². The average Bonchev–Trinajstić information content (AvgIpc) is 3.07. The molecule has 1 saturated heterocycles. The maximum absolute atomic E-state index is 14.5. The monoisotopic (exact) mass is 393 g/mol. The zero-order chi connectivity index (χ0) is 20.5. The van der Waals surface area contributed by atoms with Gasteiger partial charge in [-0.3, -0.25) is 9.48 Å². The number of aryl methyl sites for hydroxylation is 1. The van der Waals surface area contributed by atoms with Crippen LogP contribution in [0.5, 0.6) is 5.75 Å². The molecule has 1 fully saturated rings. The highest BCUT2D eigenvalue weighted by molar-refractivity contribution is 5.89. The number of rotatable bonds is 4. The first-order valence-corrected chi connectivity index (χ1v) is 9.74. The number of methoxy groups -OCH3 is 1. The summed E-state index contributed by atoms with van der Waals surface area (Å²) in [5.74, 6) is 0.337. The lowest BCUT2D eigenvalue weighted by Crippen LogP contribution is -2.38. The molecule has 1 amide bonds. The third-order valence-corrected chi connectivity index (χ3v) is 5.66. The summed E-state index contributed by atoms with van der Waals surface area (Å²) in [7, 11) is 3.46. The maximum Gasteiger partial charge on any atom is 0.245 e. The van der Waals surface area contributed by atoms with E-state index in [4.69, 9.17) is 4.74 Å². The zero-order valence-corrected chi connectivity index (χ0v) is 16.7. The lowest BCUT2D eigenvalue weighted by Gasteiger charge is -2.32. The van der Waals surface area contributed by atoms with Gasteiger partial charge in [-0.1, -0.05) is 24.8 Å². The number of benzene rings is 2. The molecule has 0 aliphatic carbocycles. The predicted molar refractivity (Wildman–Crippen MR) is 111 cm³/mol. The standard InChI is InChI=1S/C23H24FN3O2/c1-4-21(28)27-12-6-7-16(14-27)23-17-11-10-15(13-19(17)25-26(23)2)22-18(24)8-5-9-20(22)29-3/h4-5,8-11,13,16H,1,6-7,12,14H2,2-3H3. The van der Waals surface area contributed by atoms with Crippen molar-refractivity contribution in [2.45, 2.75) is 18.8 Å². The fourth-order valence-electron chi connectivity index (χ4n) is 4.34. The Morgan fingerprint density at radius 2 is 2.17 bits per heavy atom. The minimum Gasteiger partial charge on any atom is -0.496 e. The molecule has 150 valence electrons. The number of hydrogen-bond acceptors (Lipinski definition) is 3. The van der Waals surface area contributed by atoms with Crippen molar-refractivity contribution in [2.75, 3.05) is 20.2 Å². The van der Waals surface area contributed by atoms with E-state index in [-0.39, 0.29) is 17.6 Å². The Hall–Kier alpha value is -3.15. The number of ether oxygens (including phenoxy) is 1. The first-order chi connectivity index (χ1) is 14.0. The Balaban J connectivity index is 1.75. The first-order valence-electron chi connectivity index (χ1n) is 9.74. The van der Waals surface area contributed by atoms with Crippen molar-refractivity contribution in [1.29, 1.82) is 0 Å². The van der Waals surface area contributed by atoms with Gasteiger partial charge in [0.15, 0.2) is 0 Å². The van der Waals surface area contributed by atoms with Gasteiger partial charge < -0.3 is 9.64 Å². The summed E-state index contributed by atoms with van der Waals surface area (Å²) < 4.78 is 21.7. The summed E-state index contributed by atoms with van der Waals surface area (Å²) in [5, 5.41) is 5.71. The number of carbonyl (C=O) groups is 1. The highest BCUT2D eigenvalue weighted by atomic mass is 19.1. The van der Waals surface area contributed by atoms with E-state index < -0.39 is 0 Å². The van der Waals surface area contributed by atoms with Crippen LogP contribution in [0.25, 0.3) is 22.0 Å². The summed E-state index contributed by atoms with van der Waals surface area (Å²) in [6.45, 7) is 5.01. The van der Waals surface area contributed by atoms with Crippen LogP contribution in [0, 0.1) is 5.82 Å². The molecular formula is C23H24FN3O2. The van der Waals surface area contributed by atoms with E-state index >= 15 is 0 Å². The maximum atomic E-state index is 14.5. The van der Waals surface area contributed by atoms with Gasteiger partial charge in [0, 0.05) is 31.4 Å². The van der Waals surface area contributed by atoms with Crippen molar-refractivity contribution in [3.05, 3.63) is 60.6 Å². The van der Waals surface area contributed by atoms with E-state index in [1.165, 1.54) is 19.3 Å². The quantitative estimate of drug-likeness (QED) is 0.622. The smallest absolute Gasteiger partial charge is 0.245 e. The molecule has 2 heterocycles. The Morgan fingerprint density at radius 3 is 2.93 bits per heavy atom. The summed E-state index contributed by atoms with van der Waals surface area (Å²) >= 11 is 0. The molecule has 1 aliphatic heterocycles. The topological polar surface area (TPSA) is 47.4 Å². The fraction of sp³-hybridized carbons (Fsp3) is 0.304. The Labute approximate surface area is 169 Å². The molecule has 29 heavy (non-hydrogen) atoms. The van der Waals surface area contributed by atoms with Crippen LogP contribution in [-0.2, 0) is 11.8 Å². The SMILES string of the molecule is C=CC(=O)N1CCCC(c2c3ccc(-c4c(F)cccc4OC)cc3nn2C)C1. The molecule has 0 bridgehead atoms. The van der Waals surface area contributed by atoms with Gasteiger partial charge in [0.1, 0.15) is 11.6 Å². The lowest BCUT2D eigenvalue weighted by atomic mass is 9.91. The number of hydrogen-bond donors (Lipinski definition) is 0. The Bertz CT molecular complexity index is 1090. The van der Waals surface area contributed by atoms with E-state index in [0.29, 0.717) is 17.9 Å². The van der Waals surface area contributed by atoms with Crippen molar-refractivity contribution < 1.29 is 13.9 Å². The summed E-state index contributed by atoms with van der Waals surface area (Å²) in [5.41, 5.74) is 3.07. The predicted octanol–water partition coefficient (Wildman–Crippen LogP) is 4.28. The minimum absolute atomic E-state index is 0.0323. The van der Waals surface area contributed by atoms with Gasteiger partial charge in [-0.2, -0.15) is 5.10 Å². The number of aromatic nitrogens is 2. The van der Waals surface area contributed by atoms with Crippen molar-refractivity contribution in [1.82, 2.24) is 14.7 Å². The van der Waals surface area contributed by atoms with E-state index in [1.54, 1.807) is 12.1 Å². The summed E-state index contributed by atoms with van der Waals surface area (Å²) in [6, 6.07) is 10.6. The first kappa shape index (κ1) is 19.2. The molecule has 3 aromatic rings. The van der Waals surface area contributed by atoms with Gasteiger partial charge in [0.2, 0.25) is 5.91 Å². The third-order valence-electron chi connectivity index (χ3n) is 5.66. The van der Waals surface area contributed by atoms with Gasteiger partial charge in [-0.05, 0) is 42.7 Å². The molecule has 5 nitrogen and oxygen atoms in total. The van der Waals surface area contributed by atoms with Gasteiger partial charge in [-0.15, -0.1) is 0 Å². The van der Waals surface area contributed by atoms with Crippen LogP contribution in [0.1, 0.15) is 24.5 Å². The van der Waals surface area contributed by atoms with Crippen molar-refractivity contribution in [2.24, 2.45) is 7.05 Å². The van der Waals surface area contributed by atoms with Gasteiger partial charge in [-0.25, -0.2) is 4.39 Å². The zero-order valence-electron chi connectivity index (χ0n) is 16.7. The molecule has 1 aliphatic rings. The van der Waals surface area contributed by atoms with E-state index in [0.717, 1.165) is 41.5 Å². The molecular weight excluding hydrogens is 369 g/mol. The van der Waals surface area contributed by atoms with Crippen LogP contribution < -0.4 is 4.74 Å². The molecule has 2 aromatic carbocycles. The number of piperidine rings is 1. The third kappa shape index (κ3) is 3.39. The molecule has 0 radical (unpaired) electrons. The highest BCUT2D eigenvalue weighted by Crippen LogP contribution is 2.37. The van der Waals surface area contributed by atoms with Gasteiger partial charge in [0.25, 0.3) is 0 Å². The van der Waals surface area contributed by atoms with Crippen LogP contribution in [0.2, 0.25) is 0 Å². The van der Waals surface area contributed by atoms with Gasteiger partial charge >= 0.3 is 0 Å². The molecule has 6 heteroatoms. The number of carbonyl (C=O) groups excluding carboxylic acids is 1. The second-order valence-electron chi connectivity index (χ2n) is 7.39. The molecule has 1 atom stereocenters. The lowest BCUT2D eigenvalue weighted by molar-refractivity contribution is -0.127. The Kier molecular flexibility index (Phi) is 5.09. The molecule has 1 unspecified atom stereocenters. The second kappa shape index (κ2) is 7.70. The number of amides is 1. The van der Waals surface area contributed by atoms with Crippen LogP contribution in [0.15, 0.2) is 49.1 Å². The number of halogens is 1. The summed E-state index contributed by atoms with van der Waals surface area (Å²) in [6.07, 6.45) is 3.32. The van der Waals surface area contributed by atoms with Crippen LogP contribution >= 0.6 is 0 Å². The molecule has 0 saturated carbocycles. The molecule has 0 N–H and O–H groups in total. The van der Waals surface area contributed by atoms with Crippen molar-refractivity contribution in [3.8, 4) is 16.9 Å². The normalized spacial score (nSPS) is 16.8. The van der Waals surface area contributed by atoms with Crippen molar-refractivity contribution >= 4 is 16.8 Å². The van der Waals surface area contributed by atoms with E-state index in [2.05, 4.69) is 11.7 Å². The highest BCUT2D eigenvalue weighted by Gasteiger charge is 2.27. The molecule has 0 spiro atoms. The number of nitrogens with zero attached hydrogens (tertiary/aromatic N) is 3. The van der Waals surface area contributed by atoms with Gasteiger partial charge in [0.05, 0.1) is 23.9 Å². The van der Waals surface area contributed by atoms with E-state index in [1.807, 2.05) is 34.8 Å². The second-order valence-corrected chi connectivity index (χ2v) is 7.39. The summed E-state index contributed by atoms with van der Waals surface area (Å²) in [4.78, 5) is 13.9. The van der Waals surface area contributed by atoms with Crippen LogP contribution in [0.3, 0.4) is 0 Å².